The second-order valence-electron chi connectivity index (χ2n) is 5.65. The number of rotatable bonds is 4. The molecule has 7 heteroatoms. The van der Waals surface area contributed by atoms with E-state index < -0.39 is 0 Å². The summed E-state index contributed by atoms with van der Waals surface area (Å²) in [6.07, 6.45) is 4.50. The van der Waals surface area contributed by atoms with Crippen LogP contribution >= 0.6 is 0 Å². The van der Waals surface area contributed by atoms with Gasteiger partial charge in [-0.1, -0.05) is 16.8 Å². The number of nitrogens with zero attached hydrogens (tertiary/aromatic N) is 5. The first-order valence-corrected chi connectivity index (χ1v) is 7.53. The number of hydrogen-bond acceptors (Lipinski definition) is 5. The van der Waals surface area contributed by atoms with Crippen LogP contribution in [-0.4, -0.2) is 36.5 Å². The van der Waals surface area contributed by atoms with Crippen LogP contribution in [-0.2, 0) is 13.5 Å². The second kappa shape index (κ2) is 5.35. The van der Waals surface area contributed by atoms with Gasteiger partial charge in [0.15, 0.2) is 17.0 Å². The highest BCUT2D eigenvalue weighted by molar-refractivity contribution is 5.84. The molecule has 0 spiro atoms. The fraction of sp³-hybridized carbons (Fsp3) is 0.250. The Morgan fingerprint density at radius 3 is 3.09 bits per heavy atom. The van der Waals surface area contributed by atoms with Crippen molar-refractivity contribution >= 4 is 27.9 Å². The maximum atomic E-state index is 4.27. The standard InChI is InChI=1S/C16H17N7/c1-10-3-4-13-12(7-10)11(8-18-13)5-6-17-15-14-16(20-9-19-15)23(2)22-21-14/h3-4,7-9,18H,5-6H2,1-2H3,(H,17,19,20). The van der Waals surface area contributed by atoms with Crippen molar-refractivity contribution in [3.63, 3.8) is 0 Å². The Balaban J connectivity index is 1.53. The van der Waals surface area contributed by atoms with Crippen LogP contribution in [0.5, 0.6) is 0 Å². The summed E-state index contributed by atoms with van der Waals surface area (Å²) in [5.41, 5.74) is 5.16. The molecule has 0 radical (unpaired) electrons. The maximum absolute atomic E-state index is 4.27. The van der Waals surface area contributed by atoms with Gasteiger partial charge < -0.3 is 10.3 Å². The average molecular weight is 307 g/mol. The van der Waals surface area contributed by atoms with E-state index in [2.05, 4.69) is 61.9 Å². The third-order valence-electron chi connectivity index (χ3n) is 4.00. The molecule has 0 saturated heterocycles. The lowest BCUT2D eigenvalue weighted by Crippen LogP contribution is -2.07. The highest BCUT2D eigenvalue weighted by Gasteiger charge is 2.09. The molecule has 7 nitrogen and oxygen atoms in total. The number of hydrogen-bond donors (Lipinski definition) is 2. The van der Waals surface area contributed by atoms with Crippen LogP contribution < -0.4 is 5.32 Å². The van der Waals surface area contributed by atoms with Gasteiger partial charge in [-0.15, -0.1) is 5.10 Å². The van der Waals surface area contributed by atoms with Gasteiger partial charge in [-0.05, 0) is 31.0 Å². The average Bonchev–Trinajstić information content (AvgIpc) is 3.12. The van der Waals surface area contributed by atoms with Crippen molar-refractivity contribution in [3.8, 4) is 0 Å². The molecule has 1 aromatic carbocycles. The molecule has 0 aliphatic rings. The Morgan fingerprint density at radius 1 is 1.26 bits per heavy atom. The SMILES string of the molecule is Cc1ccc2[nH]cc(CCNc3ncnc4c3nnn4C)c2c1. The van der Waals surface area contributed by atoms with E-state index in [1.165, 1.54) is 28.4 Å². The summed E-state index contributed by atoms with van der Waals surface area (Å²) in [4.78, 5) is 11.8. The minimum absolute atomic E-state index is 0.699. The number of nitrogens with one attached hydrogen (secondary N) is 2. The van der Waals surface area contributed by atoms with Gasteiger partial charge >= 0.3 is 0 Å². The minimum atomic E-state index is 0.699. The Labute approximate surface area is 132 Å². The molecule has 0 saturated carbocycles. The maximum Gasteiger partial charge on any atom is 0.183 e. The van der Waals surface area contributed by atoms with E-state index in [9.17, 15) is 0 Å². The van der Waals surface area contributed by atoms with E-state index in [1.807, 2.05) is 7.05 Å². The normalized spacial score (nSPS) is 11.4. The highest BCUT2D eigenvalue weighted by atomic mass is 15.4. The lowest BCUT2D eigenvalue weighted by molar-refractivity contribution is 0.729. The zero-order chi connectivity index (χ0) is 15.8. The van der Waals surface area contributed by atoms with Crippen LogP contribution in [0.25, 0.3) is 22.1 Å². The van der Waals surface area contributed by atoms with Crippen LogP contribution in [0.2, 0.25) is 0 Å². The second-order valence-corrected chi connectivity index (χ2v) is 5.65. The Hall–Kier alpha value is -2.96. The molecule has 0 amide bonds. The fourth-order valence-electron chi connectivity index (χ4n) is 2.80. The number of aromatic amines is 1. The van der Waals surface area contributed by atoms with Crippen LogP contribution in [0.15, 0.2) is 30.7 Å². The van der Waals surface area contributed by atoms with Gasteiger partial charge in [0.2, 0.25) is 0 Å². The lowest BCUT2D eigenvalue weighted by Gasteiger charge is -2.05. The number of aromatic nitrogens is 6. The molecule has 23 heavy (non-hydrogen) atoms. The van der Waals surface area contributed by atoms with Crippen molar-refractivity contribution < 1.29 is 0 Å². The summed E-state index contributed by atoms with van der Waals surface area (Å²) in [5.74, 6) is 0.721. The van der Waals surface area contributed by atoms with Crippen molar-refractivity contribution in [1.29, 1.82) is 0 Å². The van der Waals surface area contributed by atoms with E-state index in [1.54, 1.807) is 4.68 Å². The largest absolute Gasteiger partial charge is 0.368 e. The predicted octanol–water partition coefficient (Wildman–Crippen LogP) is 2.20. The first-order valence-electron chi connectivity index (χ1n) is 7.53. The zero-order valence-corrected chi connectivity index (χ0v) is 13.0. The fourth-order valence-corrected chi connectivity index (χ4v) is 2.80. The van der Waals surface area contributed by atoms with Crippen LogP contribution in [0.4, 0.5) is 5.82 Å². The number of aryl methyl sites for hydroxylation is 2. The van der Waals surface area contributed by atoms with Crippen molar-refractivity contribution in [2.24, 2.45) is 7.05 Å². The van der Waals surface area contributed by atoms with Gasteiger partial charge in [0.25, 0.3) is 0 Å². The molecule has 2 N–H and O–H groups in total. The highest BCUT2D eigenvalue weighted by Crippen LogP contribution is 2.20. The third kappa shape index (κ3) is 2.40. The lowest BCUT2D eigenvalue weighted by atomic mass is 10.1. The molecule has 3 aromatic heterocycles. The molecular formula is C16H17N7. The van der Waals surface area contributed by atoms with Crippen LogP contribution in [0, 0.1) is 6.92 Å². The van der Waals surface area contributed by atoms with Gasteiger partial charge in [0, 0.05) is 30.7 Å². The quantitative estimate of drug-likeness (QED) is 0.604. The van der Waals surface area contributed by atoms with Gasteiger partial charge in [-0.25, -0.2) is 14.6 Å². The summed E-state index contributed by atoms with van der Waals surface area (Å²) in [7, 11) is 1.82. The topological polar surface area (TPSA) is 84.3 Å². The summed E-state index contributed by atoms with van der Waals surface area (Å²) >= 11 is 0. The summed E-state index contributed by atoms with van der Waals surface area (Å²) in [6.45, 7) is 2.88. The minimum Gasteiger partial charge on any atom is -0.368 e. The van der Waals surface area contributed by atoms with Crippen LogP contribution in [0.3, 0.4) is 0 Å². The van der Waals surface area contributed by atoms with E-state index in [-0.39, 0.29) is 0 Å². The van der Waals surface area contributed by atoms with Crippen LogP contribution in [0.1, 0.15) is 11.1 Å². The van der Waals surface area contributed by atoms with Gasteiger partial charge in [0.05, 0.1) is 0 Å². The Bertz CT molecular complexity index is 983. The molecule has 4 aromatic rings. The van der Waals surface area contributed by atoms with E-state index >= 15 is 0 Å². The smallest absolute Gasteiger partial charge is 0.183 e. The summed E-state index contributed by atoms with van der Waals surface area (Å²) in [6, 6.07) is 6.45. The number of H-pyrrole nitrogens is 1. The van der Waals surface area contributed by atoms with Gasteiger partial charge in [-0.2, -0.15) is 0 Å². The number of fused-ring (bicyclic) bond motifs is 2. The van der Waals surface area contributed by atoms with Crippen molar-refractivity contribution in [2.45, 2.75) is 13.3 Å². The Kier molecular flexibility index (Phi) is 3.18. The Morgan fingerprint density at radius 2 is 2.17 bits per heavy atom. The molecule has 0 bridgehead atoms. The number of benzene rings is 1. The summed E-state index contributed by atoms with van der Waals surface area (Å²) < 4.78 is 1.64. The molecule has 3 heterocycles. The van der Waals surface area contributed by atoms with Gasteiger partial charge in [0.1, 0.15) is 6.33 Å². The van der Waals surface area contributed by atoms with Crippen molar-refractivity contribution in [2.75, 3.05) is 11.9 Å². The zero-order valence-electron chi connectivity index (χ0n) is 13.0. The first-order chi connectivity index (χ1) is 11.2. The number of anilines is 1. The molecular weight excluding hydrogens is 290 g/mol. The molecule has 4 rings (SSSR count). The van der Waals surface area contributed by atoms with Crippen molar-refractivity contribution in [3.05, 3.63) is 41.9 Å². The first kappa shape index (κ1) is 13.7. The molecule has 116 valence electrons. The van der Waals surface area contributed by atoms with E-state index in [0.717, 1.165) is 24.4 Å². The third-order valence-corrected chi connectivity index (χ3v) is 4.00. The molecule has 0 atom stereocenters. The van der Waals surface area contributed by atoms with Crippen molar-refractivity contribution in [1.82, 2.24) is 29.9 Å². The molecule has 0 unspecified atom stereocenters. The monoisotopic (exact) mass is 307 g/mol. The van der Waals surface area contributed by atoms with E-state index in [4.69, 9.17) is 0 Å². The summed E-state index contributed by atoms with van der Waals surface area (Å²) in [5, 5.41) is 12.7. The van der Waals surface area contributed by atoms with E-state index in [0.29, 0.717) is 5.52 Å². The predicted molar refractivity (Wildman–Crippen MR) is 89.3 cm³/mol. The molecule has 0 aliphatic heterocycles. The van der Waals surface area contributed by atoms with Gasteiger partial charge in [-0.3, -0.25) is 0 Å². The molecule has 0 fully saturated rings. The molecule has 0 aliphatic carbocycles.